The summed E-state index contributed by atoms with van der Waals surface area (Å²) >= 11 is 0. The molecule has 0 heterocycles. The van der Waals surface area contributed by atoms with Crippen LogP contribution in [0, 0.1) is 6.92 Å². The fourth-order valence-electron chi connectivity index (χ4n) is 2.88. The van der Waals surface area contributed by atoms with Crippen LogP contribution >= 0.6 is 0 Å². The van der Waals surface area contributed by atoms with Crippen molar-refractivity contribution in [3.63, 3.8) is 0 Å². The molecule has 0 saturated carbocycles. The zero-order chi connectivity index (χ0) is 20.7. The van der Waals surface area contributed by atoms with E-state index in [1.54, 1.807) is 24.3 Å². The van der Waals surface area contributed by atoms with Gasteiger partial charge in [-0.25, -0.2) is 13.1 Å². The minimum Gasteiger partial charge on any atom is -0.326 e. The number of carbonyl (C=O) groups excluding carboxylic acids is 1. The third-order valence-corrected chi connectivity index (χ3v) is 6.02. The Labute approximate surface area is 171 Å². The standard InChI is InChI=1S/C23H24N2O3S/c1-18-7-5-6-10-22(18)25-23(26)16-13-19-11-14-21(15-12-19)29(27,28)24-17-20-8-3-2-4-9-20/h2-12,14-15,24H,13,16-17H2,1H3,(H,25,26). The first-order chi connectivity index (χ1) is 13.9. The maximum Gasteiger partial charge on any atom is 0.240 e. The first-order valence-electron chi connectivity index (χ1n) is 9.42. The molecule has 0 unspecified atom stereocenters. The van der Waals surface area contributed by atoms with Crippen LogP contribution in [0.2, 0.25) is 0 Å². The van der Waals surface area contributed by atoms with E-state index in [0.717, 1.165) is 22.4 Å². The van der Waals surface area contributed by atoms with Crippen molar-refractivity contribution in [2.24, 2.45) is 0 Å². The Balaban J connectivity index is 1.54. The van der Waals surface area contributed by atoms with Crippen LogP contribution in [-0.4, -0.2) is 14.3 Å². The summed E-state index contributed by atoms with van der Waals surface area (Å²) in [6.45, 7) is 2.19. The van der Waals surface area contributed by atoms with Gasteiger partial charge in [-0.3, -0.25) is 4.79 Å². The highest BCUT2D eigenvalue weighted by molar-refractivity contribution is 7.89. The summed E-state index contributed by atoms with van der Waals surface area (Å²) in [6, 6.07) is 23.6. The van der Waals surface area contributed by atoms with Crippen molar-refractivity contribution in [3.05, 3.63) is 95.6 Å². The van der Waals surface area contributed by atoms with E-state index < -0.39 is 10.0 Å². The normalized spacial score (nSPS) is 11.2. The Hall–Kier alpha value is -2.96. The van der Waals surface area contributed by atoms with Crippen LogP contribution in [0.25, 0.3) is 0 Å². The average Bonchev–Trinajstić information content (AvgIpc) is 2.74. The predicted molar refractivity (Wildman–Crippen MR) is 115 cm³/mol. The Kier molecular flexibility index (Phi) is 6.80. The van der Waals surface area contributed by atoms with E-state index in [1.807, 2.05) is 61.5 Å². The Morgan fingerprint density at radius 3 is 2.17 bits per heavy atom. The molecule has 0 radical (unpaired) electrons. The highest BCUT2D eigenvalue weighted by Gasteiger charge is 2.13. The molecular weight excluding hydrogens is 384 g/mol. The smallest absolute Gasteiger partial charge is 0.240 e. The number of aryl methyl sites for hydroxylation is 2. The Bertz CT molecular complexity index is 1060. The number of nitrogens with one attached hydrogen (secondary N) is 2. The maximum absolute atomic E-state index is 12.4. The molecule has 3 aromatic rings. The van der Waals surface area contributed by atoms with Gasteiger partial charge in [0.2, 0.25) is 15.9 Å². The topological polar surface area (TPSA) is 75.3 Å². The molecular formula is C23H24N2O3S. The van der Waals surface area contributed by atoms with Crippen LogP contribution in [0.4, 0.5) is 5.69 Å². The molecule has 0 saturated heterocycles. The summed E-state index contributed by atoms with van der Waals surface area (Å²) in [6.07, 6.45) is 0.863. The zero-order valence-electron chi connectivity index (χ0n) is 16.3. The molecule has 0 aliphatic carbocycles. The average molecular weight is 409 g/mol. The van der Waals surface area contributed by atoms with Crippen LogP contribution in [0.3, 0.4) is 0 Å². The lowest BCUT2D eigenvalue weighted by Crippen LogP contribution is -2.23. The number of carbonyl (C=O) groups is 1. The number of sulfonamides is 1. The Morgan fingerprint density at radius 2 is 1.48 bits per heavy atom. The molecule has 150 valence electrons. The molecule has 0 atom stereocenters. The van der Waals surface area contributed by atoms with Crippen LogP contribution in [0.15, 0.2) is 83.8 Å². The number of amides is 1. The van der Waals surface area contributed by atoms with Crippen molar-refractivity contribution in [3.8, 4) is 0 Å². The van der Waals surface area contributed by atoms with Gasteiger partial charge in [0.1, 0.15) is 0 Å². The fraction of sp³-hybridized carbons (Fsp3) is 0.174. The molecule has 0 aromatic heterocycles. The van der Waals surface area contributed by atoms with Crippen molar-refractivity contribution in [2.45, 2.75) is 31.2 Å². The van der Waals surface area contributed by atoms with Gasteiger partial charge >= 0.3 is 0 Å². The third kappa shape index (κ3) is 6.01. The first kappa shape index (κ1) is 20.8. The van der Waals surface area contributed by atoms with Crippen LogP contribution in [-0.2, 0) is 27.8 Å². The second-order valence-corrected chi connectivity index (χ2v) is 8.58. The van der Waals surface area contributed by atoms with E-state index in [4.69, 9.17) is 0 Å². The summed E-state index contributed by atoms with van der Waals surface area (Å²) < 4.78 is 27.5. The van der Waals surface area contributed by atoms with Gasteiger partial charge < -0.3 is 5.32 Å². The quantitative estimate of drug-likeness (QED) is 0.591. The summed E-state index contributed by atoms with van der Waals surface area (Å²) in [4.78, 5) is 12.4. The zero-order valence-corrected chi connectivity index (χ0v) is 17.1. The monoisotopic (exact) mass is 408 g/mol. The largest absolute Gasteiger partial charge is 0.326 e. The molecule has 0 fully saturated rings. The van der Waals surface area contributed by atoms with Crippen molar-refractivity contribution < 1.29 is 13.2 Å². The van der Waals surface area contributed by atoms with E-state index >= 15 is 0 Å². The van der Waals surface area contributed by atoms with E-state index in [0.29, 0.717) is 12.8 Å². The SMILES string of the molecule is Cc1ccccc1NC(=O)CCc1ccc(S(=O)(=O)NCc2ccccc2)cc1. The van der Waals surface area contributed by atoms with Crippen molar-refractivity contribution in [2.75, 3.05) is 5.32 Å². The second-order valence-electron chi connectivity index (χ2n) is 6.82. The Morgan fingerprint density at radius 1 is 0.828 bits per heavy atom. The van der Waals surface area contributed by atoms with E-state index in [1.165, 1.54) is 0 Å². The third-order valence-electron chi connectivity index (χ3n) is 4.60. The van der Waals surface area contributed by atoms with Crippen LogP contribution in [0.5, 0.6) is 0 Å². The van der Waals surface area contributed by atoms with Gasteiger partial charge in [0.25, 0.3) is 0 Å². The number of benzene rings is 3. The number of para-hydroxylation sites is 1. The minimum atomic E-state index is -3.58. The molecule has 0 spiro atoms. The summed E-state index contributed by atoms with van der Waals surface area (Å²) in [5, 5.41) is 2.90. The summed E-state index contributed by atoms with van der Waals surface area (Å²) in [7, 11) is -3.58. The molecule has 6 heteroatoms. The number of rotatable bonds is 8. The van der Waals surface area contributed by atoms with E-state index in [2.05, 4.69) is 10.0 Å². The highest BCUT2D eigenvalue weighted by Crippen LogP contribution is 2.15. The van der Waals surface area contributed by atoms with Gasteiger partial charge in [-0.2, -0.15) is 0 Å². The molecule has 29 heavy (non-hydrogen) atoms. The van der Waals surface area contributed by atoms with E-state index in [-0.39, 0.29) is 17.3 Å². The second kappa shape index (κ2) is 9.49. The number of anilines is 1. The van der Waals surface area contributed by atoms with Crippen molar-refractivity contribution >= 4 is 21.6 Å². The molecule has 5 nitrogen and oxygen atoms in total. The molecule has 3 rings (SSSR count). The highest BCUT2D eigenvalue weighted by atomic mass is 32.2. The minimum absolute atomic E-state index is 0.0690. The van der Waals surface area contributed by atoms with Gasteiger partial charge in [-0.1, -0.05) is 60.7 Å². The lowest BCUT2D eigenvalue weighted by Gasteiger charge is -2.09. The predicted octanol–water partition coefficient (Wildman–Crippen LogP) is 4.04. The molecule has 3 aromatic carbocycles. The maximum atomic E-state index is 12.4. The lowest BCUT2D eigenvalue weighted by atomic mass is 10.1. The van der Waals surface area contributed by atoms with Crippen molar-refractivity contribution in [1.29, 1.82) is 0 Å². The molecule has 2 N–H and O–H groups in total. The lowest BCUT2D eigenvalue weighted by molar-refractivity contribution is -0.116. The molecule has 0 bridgehead atoms. The van der Waals surface area contributed by atoms with Gasteiger partial charge in [-0.05, 0) is 48.2 Å². The summed E-state index contributed by atoms with van der Waals surface area (Å²) in [5.41, 5.74) is 3.63. The summed E-state index contributed by atoms with van der Waals surface area (Å²) in [5.74, 6) is -0.0690. The van der Waals surface area contributed by atoms with Gasteiger partial charge in [0.15, 0.2) is 0 Å². The van der Waals surface area contributed by atoms with Crippen LogP contribution in [0.1, 0.15) is 23.1 Å². The molecule has 1 amide bonds. The fourth-order valence-corrected chi connectivity index (χ4v) is 3.89. The number of hydrogen-bond donors (Lipinski definition) is 2. The van der Waals surface area contributed by atoms with Gasteiger partial charge in [0.05, 0.1) is 4.90 Å². The van der Waals surface area contributed by atoms with E-state index in [9.17, 15) is 13.2 Å². The number of hydrogen-bond acceptors (Lipinski definition) is 3. The van der Waals surface area contributed by atoms with Gasteiger partial charge in [0, 0.05) is 18.7 Å². The van der Waals surface area contributed by atoms with Gasteiger partial charge in [-0.15, -0.1) is 0 Å². The first-order valence-corrected chi connectivity index (χ1v) is 10.9. The van der Waals surface area contributed by atoms with Crippen LogP contribution < -0.4 is 10.0 Å². The van der Waals surface area contributed by atoms with Crippen molar-refractivity contribution in [1.82, 2.24) is 4.72 Å². The molecule has 0 aliphatic rings. The molecule has 0 aliphatic heterocycles.